The highest BCUT2D eigenvalue weighted by atomic mass is 16.4. The molecule has 1 aromatic carbocycles. The molecular formula is C15H19N2O2+. The van der Waals surface area contributed by atoms with Gasteiger partial charge in [-0.25, -0.2) is 14.3 Å². The third-order valence-corrected chi connectivity index (χ3v) is 3.20. The molecule has 4 nitrogen and oxygen atoms in total. The Morgan fingerprint density at radius 2 is 2.16 bits per heavy atom. The molecule has 0 bridgehead atoms. The number of aromatic carboxylic acids is 1. The molecule has 100 valence electrons. The number of imidazole rings is 1. The summed E-state index contributed by atoms with van der Waals surface area (Å²) in [7, 11) is 0. The van der Waals surface area contributed by atoms with Crippen LogP contribution in [0.3, 0.4) is 0 Å². The molecule has 1 heterocycles. The maximum Gasteiger partial charge on any atom is 0.336 e. The predicted molar refractivity (Wildman–Crippen MR) is 73.1 cm³/mol. The van der Waals surface area contributed by atoms with Crippen LogP contribution < -0.4 is 4.57 Å². The van der Waals surface area contributed by atoms with Crippen LogP contribution in [0.2, 0.25) is 0 Å². The number of nitrogens with zero attached hydrogens (tertiary/aromatic N) is 1. The zero-order valence-corrected chi connectivity index (χ0v) is 11.3. The minimum atomic E-state index is -0.886. The van der Waals surface area contributed by atoms with Crippen molar-refractivity contribution in [2.75, 3.05) is 0 Å². The number of nitrogens with one attached hydrogen (secondary N) is 1. The van der Waals surface area contributed by atoms with Gasteiger partial charge in [0.2, 0.25) is 0 Å². The fourth-order valence-electron chi connectivity index (χ4n) is 2.22. The van der Waals surface area contributed by atoms with Gasteiger partial charge in [-0.15, -0.1) is 0 Å². The van der Waals surface area contributed by atoms with Crippen LogP contribution in [0.1, 0.15) is 36.2 Å². The van der Waals surface area contributed by atoms with E-state index in [0.29, 0.717) is 5.56 Å². The fourth-order valence-corrected chi connectivity index (χ4v) is 2.22. The number of aryl methyl sites for hydroxylation is 2. The Bertz CT molecular complexity index is 588. The average Bonchev–Trinajstić information content (AvgIpc) is 2.86. The standard InChI is InChI=1S/C15H18N2O2/c1-3-8-17-9-7-16-14(17)12-6-5-11(4-2)10-13(12)15(18)19/h5-7,9-10H,3-4,8H2,1-2H3,(H,18,19)/p+1. The van der Waals surface area contributed by atoms with Crippen molar-refractivity contribution in [2.45, 2.75) is 33.2 Å². The monoisotopic (exact) mass is 259 g/mol. The number of hydrogen-bond acceptors (Lipinski definition) is 1. The molecule has 0 aliphatic carbocycles. The Hall–Kier alpha value is -2.10. The number of hydrogen-bond donors (Lipinski definition) is 2. The van der Waals surface area contributed by atoms with Crippen LogP contribution in [-0.4, -0.2) is 16.1 Å². The summed E-state index contributed by atoms with van der Waals surface area (Å²) in [4.78, 5) is 14.6. The molecule has 2 aromatic rings. The normalized spacial score (nSPS) is 10.6. The van der Waals surface area contributed by atoms with E-state index in [1.165, 1.54) is 0 Å². The van der Waals surface area contributed by atoms with Crippen molar-refractivity contribution in [1.82, 2.24) is 4.98 Å². The Balaban J connectivity index is 2.54. The highest BCUT2D eigenvalue weighted by Crippen LogP contribution is 2.21. The summed E-state index contributed by atoms with van der Waals surface area (Å²) in [6.07, 6.45) is 5.62. The molecule has 0 radical (unpaired) electrons. The third-order valence-electron chi connectivity index (χ3n) is 3.20. The van der Waals surface area contributed by atoms with Gasteiger partial charge in [0, 0.05) is 0 Å². The van der Waals surface area contributed by atoms with Gasteiger partial charge in [-0.05, 0) is 30.5 Å². The summed E-state index contributed by atoms with van der Waals surface area (Å²) in [6.45, 7) is 4.99. The first-order chi connectivity index (χ1) is 9.17. The number of H-pyrrole nitrogens is 1. The smallest absolute Gasteiger partial charge is 0.336 e. The molecule has 2 N–H and O–H groups in total. The zero-order chi connectivity index (χ0) is 13.8. The maximum atomic E-state index is 11.4. The minimum Gasteiger partial charge on any atom is -0.478 e. The molecule has 0 aliphatic heterocycles. The van der Waals surface area contributed by atoms with Crippen LogP contribution >= 0.6 is 0 Å². The Kier molecular flexibility index (Phi) is 4.00. The van der Waals surface area contributed by atoms with Crippen LogP contribution in [-0.2, 0) is 13.0 Å². The van der Waals surface area contributed by atoms with E-state index in [1.54, 1.807) is 6.07 Å². The first-order valence-electron chi connectivity index (χ1n) is 6.60. The van der Waals surface area contributed by atoms with Gasteiger partial charge >= 0.3 is 5.97 Å². The van der Waals surface area contributed by atoms with E-state index in [0.717, 1.165) is 36.3 Å². The average molecular weight is 259 g/mol. The highest BCUT2D eigenvalue weighted by Gasteiger charge is 2.20. The maximum absolute atomic E-state index is 11.4. The summed E-state index contributed by atoms with van der Waals surface area (Å²) in [6, 6.07) is 5.63. The van der Waals surface area contributed by atoms with Crippen molar-refractivity contribution >= 4 is 5.97 Å². The Morgan fingerprint density at radius 1 is 1.37 bits per heavy atom. The fraction of sp³-hybridized carbons (Fsp3) is 0.333. The van der Waals surface area contributed by atoms with Gasteiger partial charge in [-0.2, -0.15) is 0 Å². The van der Waals surface area contributed by atoms with Gasteiger partial charge < -0.3 is 5.11 Å². The van der Waals surface area contributed by atoms with Crippen LogP contribution in [0.4, 0.5) is 0 Å². The predicted octanol–water partition coefficient (Wildman–Crippen LogP) is 2.64. The summed E-state index contributed by atoms with van der Waals surface area (Å²) in [5.41, 5.74) is 2.13. The van der Waals surface area contributed by atoms with E-state index in [-0.39, 0.29) is 0 Å². The molecule has 2 rings (SSSR count). The number of rotatable bonds is 5. The van der Waals surface area contributed by atoms with Gasteiger partial charge in [0.1, 0.15) is 12.4 Å². The summed E-state index contributed by atoms with van der Waals surface area (Å²) in [5, 5.41) is 9.38. The van der Waals surface area contributed by atoms with Crippen molar-refractivity contribution in [3.63, 3.8) is 0 Å². The van der Waals surface area contributed by atoms with Crippen molar-refractivity contribution in [1.29, 1.82) is 0 Å². The van der Waals surface area contributed by atoms with E-state index in [9.17, 15) is 9.90 Å². The first kappa shape index (κ1) is 13.3. The lowest BCUT2D eigenvalue weighted by molar-refractivity contribution is -0.684. The van der Waals surface area contributed by atoms with Crippen LogP contribution in [0.5, 0.6) is 0 Å². The van der Waals surface area contributed by atoms with Crippen molar-refractivity contribution in [2.24, 2.45) is 0 Å². The topological polar surface area (TPSA) is 57.0 Å². The van der Waals surface area contributed by atoms with Gasteiger partial charge in [0.05, 0.1) is 17.7 Å². The molecule has 0 amide bonds. The molecule has 4 heteroatoms. The molecule has 0 unspecified atom stereocenters. The molecule has 0 saturated heterocycles. The van der Waals surface area contributed by atoms with Gasteiger partial charge in [-0.1, -0.05) is 19.9 Å². The Morgan fingerprint density at radius 3 is 2.79 bits per heavy atom. The van der Waals surface area contributed by atoms with Crippen molar-refractivity contribution in [3.05, 3.63) is 41.7 Å². The number of aromatic amines is 1. The molecule has 0 fully saturated rings. The largest absolute Gasteiger partial charge is 0.478 e. The molecule has 0 saturated carbocycles. The SMILES string of the molecule is CCC[n+]1cc[nH]c1-c1ccc(CC)cc1C(=O)O. The van der Waals surface area contributed by atoms with E-state index in [1.807, 2.05) is 36.0 Å². The first-order valence-corrected chi connectivity index (χ1v) is 6.60. The van der Waals surface area contributed by atoms with Gasteiger partial charge in [0.25, 0.3) is 5.82 Å². The second-order valence-electron chi connectivity index (χ2n) is 4.54. The second kappa shape index (κ2) is 5.69. The molecule has 19 heavy (non-hydrogen) atoms. The summed E-state index contributed by atoms with van der Waals surface area (Å²) in [5.74, 6) is -0.0372. The number of aromatic nitrogens is 2. The number of benzene rings is 1. The highest BCUT2D eigenvalue weighted by molar-refractivity contribution is 5.94. The third kappa shape index (κ3) is 2.67. The van der Waals surface area contributed by atoms with E-state index < -0.39 is 5.97 Å². The lowest BCUT2D eigenvalue weighted by Crippen LogP contribution is -2.33. The summed E-state index contributed by atoms with van der Waals surface area (Å²) < 4.78 is 2.05. The Labute approximate surface area is 112 Å². The lowest BCUT2D eigenvalue weighted by atomic mass is 10.0. The van der Waals surface area contributed by atoms with Crippen LogP contribution in [0, 0.1) is 0 Å². The quantitative estimate of drug-likeness (QED) is 0.811. The number of carboxylic acids is 1. The van der Waals surface area contributed by atoms with E-state index in [2.05, 4.69) is 11.9 Å². The van der Waals surface area contributed by atoms with Gasteiger partial charge in [-0.3, -0.25) is 0 Å². The number of carboxylic acid groups (broad SMARTS) is 1. The van der Waals surface area contributed by atoms with Gasteiger partial charge in [0.15, 0.2) is 0 Å². The molecule has 0 atom stereocenters. The van der Waals surface area contributed by atoms with Crippen molar-refractivity contribution < 1.29 is 14.5 Å². The van der Waals surface area contributed by atoms with E-state index >= 15 is 0 Å². The molecular weight excluding hydrogens is 240 g/mol. The minimum absolute atomic E-state index is 0.353. The van der Waals surface area contributed by atoms with Crippen molar-refractivity contribution in [3.8, 4) is 11.4 Å². The number of carbonyl (C=O) groups is 1. The van der Waals surface area contributed by atoms with Crippen LogP contribution in [0.15, 0.2) is 30.6 Å². The molecule has 0 aliphatic rings. The summed E-state index contributed by atoms with van der Waals surface area (Å²) >= 11 is 0. The lowest BCUT2D eigenvalue weighted by Gasteiger charge is -2.06. The van der Waals surface area contributed by atoms with E-state index in [4.69, 9.17) is 0 Å². The zero-order valence-electron chi connectivity index (χ0n) is 11.3. The molecule has 1 aromatic heterocycles. The van der Waals surface area contributed by atoms with Crippen LogP contribution in [0.25, 0.3) is 11.4 Å². The molecule has 0 spiro atoms. The second-order valence-corrected chi connectivity index (χ2v) is 4.54.